The number of nitrogens with zero attached hydrogens (tertiary/aromatic N) is 3. The second-order valence-electron chi connectivity index (χ2n) is 7.54. The largest absolute Gasteiger partial charge is 0.356 e. The second kappa shape index (κ2) is 7.09. The third-order valence-electron chi connectivity index (χ3n) is 5.73. The molecule has 2 aromatic heterocycles. The number of nitrogens with one attached hydrogen (secondary N) is 1. The maximum Gasteiger partial charge on any atom is 0.170 e. The first kappa shape index (κ1) is 15.9. The number of aromatic nitrogens is 3. The number of rotatable bonds is 4. The van der Waals surface area contributed by atoms with E-state index in [4.69, 9.17) is 4.52 Å². The van der Waals surface area contributed by atoms with Crippen molar-refractivity contribution in [1.82, 2.24) is 20.3 Å². The minimum Gasteiger partial charge on any atom is -0.356 e. The van der Waals surface area contributed by atoms with Gasteiger partial charge in [0, 0.05) is 12.6 Å². The fraction of sp³-hybridized carbons (Fsp3) is 0.684. The van der Waals surface area contributed by atoms with Crippen molar-refractivity contribution in [3.63, 3.8) is 0 Å². The molecule has 5 nitrogen and oxygen atoms in total. The molecule has 24 heavy (non-hydrogen) atoms. The van der Waals surface area contributed by atoms with Crippen molar-refractivity contribution in [3.8, 4) is 11.3 Å². The zero-order valence-electron chi connectivity index (χ0n) is 14.6. The minimum absolute atomic E-state index is 0.434. The normalized spacial score (nSPS) is 23.6. The van der Waals surface area contributed by atoms with Gasteiger partial charge in [-0.1, -0.05) is 30.8 Å². The lowest BCUT2D eigenvalue weighted by atomic mass is 9.87. The molecule has 1 aliphatic heterocycles. The fourth-order valence-electron chi connectivity index (χ4n) is 4.47. The van der Waals surface area contributed by atoms with Gasteiger partial charge in [-0.2, -0.15) is 5.10 Å². The Balaban J connectivity index is 1.55. The van der Waals surface area contributed by atoms with Crippen LogP contribution in [0.1, 0.15) is 68.8 Å². The van der Waals surface area contributed by atoms with Gasteiger partial charge in [0.2, 0.25) is 0 Å². The van der Waals surface area contributed by atoms with Crippen LogP contribution in [0.25, 0.3) is 11.3 Å². The third-order valence-corrected chi connectivity index (χ3v) is 5.73. The molecule has 1 saturated carbocycles. The summed E-state index contributed by atoms with van der Waals surface area (Å²) >= 11 is 0. The topological polar surface area (TPSA) is 58.0 Å². The minimum atomic E-state index is 0.434. The first-order valence-corrected chi connectivity index (χ1v) is 9.52. The molecule has 0 aromatic carbocycles. The zero-order valence-corrected chi connectivity index (χ0v) is 14.6. The first-order valence-electron chi connectivity index (χ1n) is 9.52. The Morgan fingerprint density at radius 2 is 2.00 bits per heavy atom. The summed E-state index contributed by atoms with van der Waals surface area (Å²) in [4.78, 5) is 2.69. The molecule has 0 unspecified atom stereocenters. The highest BCUT2D eigenvalue weighted by molar-refractivity contribution is 5.60. The number of aryl methyl sites for hydroxylation is 1. The second-order valence-corrected chi connectivity index (χ2v) is 7.54. The van der Waals surface area contributed by atoms with E-state index in [2.05, 4.69) is 20.3 Å². The number of likely N-dealkylation sites (tertiary alicyclic amines) is 1. The molecular weight excluding hydrogens is 300 g/mol. The van der Waals surface area contributed by atoms with Crippen molar-refractivity contribution in [1.29, 1.82) is 0 Å². The van der Waals surface area contributed by atoms with Gasteiger partial charge in [0.1, 0.15) is 0 Å². The predicted octanol–water partition coefficient (Wildman–Crippen LogP) is 4.48. The van der Waals surface area contributed by atoms with Crippen LogP contribution in [0, 0.1) is 12.8 Å². The third kappa shape index (κ3) is 3.27. The molecule has 5 heteroatoms. The lowest BCUT2D eigenvalue weighted by molar-refractivity contribution is 0.111. The fourth-order valence-corrected chi connectivity index (χ4v) is 4.47. The van der Waals surface area contributed by atoms with Crippen LogP contribution in [-0.2, 0) is 0 Å². The van der Waals surface area contributed by atoms with Crippen LogP contribution in [0.15, 0.2) is 16.8 Å². The Kier molecular flexibility index (Phi) is 4.69. The van der Waals surface area contributed by atoms with Crippen molar-refractivity contribution in [2.45, 2.75) is 64.3 Å². The van der Waals surface area contributed by atoms with E-state index in [0.29, 0.717) is 6.04 Å². The highest BCUT2D eigenvalue weighted by atomic mass is 16.5. The van der Waals surface area contributed by atoms with E-state index in [1.54, 1.807) is 0 Å². The van der Waals surface area contributed by atoms with Crippen LogP contribution in [0.2, 0.25) is 0 Å². The Morgan fingerprint density at radius 3 is 2.79 bits per heavy atom. The average Bonchev–Trinajstić information content (AvgIpc) is 3.25. The van der Waals surface area contributed by atoms with Gasteiger partial charge in [-0.15, -0.1) is 0 Å². The Hall–Kier alpha value is -1.62. The van der Waals surface area contributed by atoms with E-state index in [1.807, 2.05) is 19.2 Å². The summed E-state index contributed by atoms with van der Waals surface area (Å²) in [6.07, 6.45) is 12.8. The Bertz CT molecular complexity index is 656. The first-order chi connectivity index (χ1) is 11.8. The molecular formula is C19H28N4O. The van der Waals surface area contributed by atoms with Crippen molar-refractivity contribution >= 4 is 0 Å². The van der Waals surface area contributed by atoms with Crippen LogP contribution < -0.4 is 0 Å². The highest BCUT2D eigenvalue weighted by Crippen LogP contribution is 2.37. The molecule has 130 valence electrons. The number of H-pyrrole nitrogens is 1. The van der Waals surface area contributed by atoms with E-state index in [0.717, 1.165) is 22.9 Å². The lowest BCUT2D eigenvalue weighted by Crippen LogP contribution is -2.38. The summed E-state index contributed by atoms with van der Waals surface area (Å²) in [6.45, 7) is 4.40. The monoisotopic (exact) mass is 328 g/mol. The smallest absolute Gasteiger partial charge is 0.170 e. The lowest BCUT2D eigenvalue weighted by Gasteiger charge is -2.38. The van der Waals surface area contributed by atoms with Crippen molar-refractivity contribution in [3.05, 3.63) is 23.7 Å². The van der Waals surface area contributed by atoms with Gasteiger partial charge in [-0.05, 0) is 45.1 Å². The van der Waals surface area contributed by atoms with E-state index in [9.17, 15) is 0 Å². The molecule has 1 saturated heterocycles. The molecule has 0 amide bonds. The molecule has 2 aliphatic rings. The molecule has 4 rings (SSSR count). The molecule has 1 atom stereocenters. The SMILES string of the molecule is Cc1cc(-c2cn[nH]c2[C@@H]2CCCCN2CC2CCCCC2)on1. The summed E-state index contributed by atoms with van der Waals surface area (Å²) in [5.74, 6) is 1.71. The quantitative estimate of drug-likeness (QED) is 0.899. The van der Waals surface area contributed by atoms with Gasteiger partial charge >= 0.3 is 0 Å². The number of hydrogen-bond donors (Lipinski definition) is 1. The molecule has 2 fully saturated rings. The molecule has 0 radical (unpaired) electrons. The summed E-state index contributed by atoms with van der Waals surface area (Å²) in [7, 11) is 0. The summed E-state index contributed by atoms with van der Waals surface area (Å²) in [6, 6.07) is 2.44. The van der Waals surface area contributed by atoms with Gasteiger partial charge in [-0.25, -0.2) is 0 Å². The number of hydrogen-bond acceptors (Lipinski definition) is 4. The molecule has 1 aliphatic carbocycles. The van der Waals surface area contributed by atoms with Gasteiger partial charge < -0.3 is 4.52 Å². The van der Waals surface area contributed by atoms with E-state index >= 15 is 0 Å². The Morgan fingerprint density at radius 1 is 1.17 bits per heavy atom. The molecule has 3 heterocycles. The van der Waals surface area contributed by atoms with Crippen LogP contribution >= 0.6 is 0 Å². The van der Waals surface area contributed by atoms with Crippen molar-refractivity contribution in [2.24, 2.45) is 5.92 Å². The van der Waals surface area contributed by atoms with Crippen LogP contribution in [0.3, 0.4) is 0 Å². The number of piperidine rings is 1. The van der Waals surface area contributed by atoms with Crippen molar-refractivity contribution in [2.75, 3.05) is 13.1 Å². The maximum atomic E-state index is 5.50. The summed E-state index contributed by atoms with van der Waals surface area (Å²) in [5.41, 5.74) is 3.21. The van der Waals surface area contributed by atoms with Gasteiger partial charge in [-0.3, -0.25) is 10.00 Å². The highest BCUT2D eigenvalue weighted by Gasteiger charge is 2.30. The Labute approximate surface area is 143 Å². The summed E-state index contributed by atoms with van der Waals surface area (Å²) in [5, 5.41) is 11.6. The van der Waals surface area contributed by atoms with Crippen molar-refractivity contribution < 1.29 is 4.52 Å². The predicted molar refractivity (Wildman–Crippen MR) is 93.6 cm³/mol. The average molecular weight is 328 g/mol. The molecule has 2 aromatic rings. The molecule has 0 bridgehead atoms. The standard InChI is InChI=1S/C19H28N4O/c1-14-11-18(24-22-14)16-12-20-21-19(16)17-9-5-6-10-23(17)13-15-7-3-2-4-8-15/h11-12,15,17H,2-10,13H2,1H3,(H,20,21)/t17-/m0/s1. The summed E-state index contributed by atoms with van der Waals surface area (Å²) < 4.78 is 5.50. The van der Waals surface area contributed by atoms with E-state index < -0.39 is 0 Å². The van der Waals surface area contributed by atoms with Crippen LogP contribution in [0.5, 0.6) is 0 Å². The molecule has 1 N–H and O–H groups in total. The van der Waals surface area contributed by atoms with Crippen LogP contribution in [0.4, 0.5) is 0 Å². The van der Waals surface area contributed by atoms with Gasteiger partial charge in [0.25, 0.3) is 0 Å². The number of aromatic amines is 1. The van der Waals surface area contributed by atoms with Crippen LogP contribution in [-0.4, -0.2) is 33.3 Å². The molecule has 0 spiro atoms. The van der Waals surface area contributed by atoms with Gasteiger partial charge in [0.05, 0.1) is 29.2 Å². The van der Waals surface area contributed by atoms with E-state index in [1.165, 1.54) is 70.2 Å². The van der Waals surface area contributed by atoms with Gasteiger partial charge in [0.15, 0.2) is 5.76 Å². The zero-order chi connectivity index (χ0) is 16.4. The van der Waals surface area contributed by atoms with E-state index in [-0.39, 0.29) is 0 Å². The maximum absolute atomic E-state index is 5.50.